The lowest BCUT2D eigenvalue weighted by atomic mass is 9.96. The highest BCUT2D eigenvalue weighted by molar-refractivity contribution is 5.18. The van der Waals surface area contributed by atoms with Crippen molar-refractivity contribution in [1.29, 1.82) is 0 Å². The van der Waals surface area contributed by atoms with Gasteiger partial charge in [-0.1, -0.05) is 12.1 Å². The molecule has 1 saturated heterocycles. The van der Waals surface area contributed by atoms with Gasteiger partial charge in [-0.2, -0.15) is 0 Å². The topological polar surface area (TPSA) is 29.5 Å². The molecule has 1 aromatic rings. The van der Waals surface area contributed by atoms with Gasteiger partial charge in [-0.05, 0) is 36.5 Å². The molecular formula is C12H15FO2. The third kappa shape index (κ3) is 2.76. The number of benzene rings is 1. The predicted molar refractivity (Wildman–Crippen MR) is 54.9 cm³/mol. The van der Waals surface area contributed by atoms with E-state index in [0.29, 0.717) is 24.5 Å². The summed E-state index contributed by atoms with van der Waals surface area (Å²) in [7, 11) is 0. The van der Waals surface area contributed by atoms with E-state index in [2.05, 4.69) is 0 Å². The van der Waals surface area contributed by atoms with Crippen LogP contribution in [0.25, 0.3) is 0 Å². The maximum atomic E-state index is 12.9. The molecule has 0 radical (unpaired) electrons. The van der Waals surface area contributed by atoms with E-state index < -0.39 is 6.10 Å². The standard InChI is InChI=1S/C12H15FO2/c13-11-3-1-2-10(7-11)12(14)6-9-4-5-15-8-9/h1-3,7,9,12,14H,4-6,8H2. The Morgan fingerprint density at radius 3 is 3.07 bits per heavy atom. The Kier molecular flexibility index (Phi) is 3.34. The van der Waals surface area contributed by atoms with Gasteiger partial charge in [0.15, 0.2) is 0 Å². The van der Waals surface area contributed by atoms with Crippen LogP contribution in [0.2, 0.25) is 0 Å². The molecule has 2 rings (SSSR count). The van der Waals surface area contributed by atoms with E-state index in [0.717, 1.165) is 13.0 Å². The SMILES string of the molecule is OC(CC1CCOC1)c1cccc(F)c1. The van der Waals surface area contributed by atoms with Crippen molar-refractivity contribution in [2.45, 2.75) is 18.9 Å². The fourth-order valence-corrected chi connectivity index (χ4v) is 1.93. The molecule has 0 spiro atoms. The molecule has 2 nitrogen and oxygen atoms in total. The molecule has 15 heavy (non-hydrogen) atoms. The number of ether oxygens (including phenoxy) is 1. The fraction of sp³-hybridized carbons (Fsp3) is 0.500. The quantitative estimate of drug-likeness (QED) is 0.829. The molecule has 1 N–H and O–H groups in total. The van der Waals surface area contributed by atoms with Gasteiger partial charge in [-0.3, -0.25) is 0 Å². The highest BCUT2D eigenvalue weighted by Gasteiger charge is 2.20. The van der Waals surface area contributed by atoms with Crippen LogP contribution in [-0.4, -0.2) is 18.3 Å². The first-order chi connectivity index (χ1) is 7.25. The van der Waals surface area contributed by atoms with E-state index in [1.165, 1.54) is 12.1 Å². The summed E-state index contributed by atoms with van der Waals surface area (Å²) in [6.45, 7) is 1.49. The molecule has 0 amide bonds. The van der Waals surface area contributed by atoms with Crippen molar-refractivity contribution in [3.05, 3.63) is 35.6 Å². The first-order valence-electron chi connectivity index (χ1n) is 5.27. The largest absolute Gasteiger partial charge is 0.388 e. The molecule has 2 unspecified atom stereocenters. The Morgan fingerprint density at radius 2 is 2.40 bits per heavy atom. The Bertz CT molecular complexity index is 321. The summed E-state index contributed by atoms with van der Waals surface area (Å²) in [5, 5.41) is 9.88. The minimum atomic E-state index is -0.576. The van der Waals surface area contributed by atoms with Gasteiger partial charge in [0, 0.05) is 13.2 Å². The second-order valence-corrected chi connectivity index (χ2v) is 4.04. The molecule has 1 aliphatic rings. The lowest BCUT2D eigenvalue weighted by molar-refractivity contribution is 0.129. The zero-order valence-corrected chi connectivity index (χ0v) is 8.53. The molecule has 1 aromatic carbocycles. The number of aliphatic hydroxyl groups is 1. The third-order valence-electron chi connectivity index (χ3n) is 2.81. The van der Waals surface area contributed by atoms with Crippen molar-refractivity contribution in [2.24, 2.45) is 5.92 Å². The van der Waals surface area contributed by atoms with E-state index in [-0.39, 0.29) is 5.82 Å². The maximum absolute atomic E-state index is 12.9. The van der Waals surface area contributed by atoms with Crippen molar-refractivity contribution in [3.8, 4) is 0 Å². The number of aliphatic hydroxyl groups excluding tert-OH is 1. The molecule has 0 bridgehead atoms. The van der Waals surface area contributed by atoms with Gasteiger partial charge in [0.25, 0.3) is 0 Å². The van der Waals surface area contributed by atoms with E-state index in [1.54, 1.807) is 12.1 Å². The average Bonchev–Trinajstić information content (AvgIpc) is 2.70. The van der Waals surface area contributed by atoms with Crippen molar-refractivity contribution >= 4 is 0 Å². The highest BCUT2D eigenvalue weighted by Crippen LogP contribution is 2.26. The summed E-state index contributed by atoms with van der Waals surface area (Å²) >= 11 is 0. The summed E-state index contributed by atoms with van der Waals surface area (Å²) in [6.07, 6.45) is 1.07. The highest BCUT2D eigenvalue weighted by atomic mass is 19.1. The molecule has 0 saturated carbocycles. The summed E-state index contributed by atoms with van der Waals surface area (Å²) in [5.74, 6) is 0.109. The molecule has 3 heteroatoms. The van der Waals surface area contributed by atoms with E-state index in [9.17, 15) is 9.50 Å². The lowest BCUT2D eigenvalue weighted by Crippen LogP contribution is -2.07. The van der Waals surface area contributed by atoms with Crippen LogP contribution in [-0.2, 0) is 4.74 Å². The summed E-state index contributed by atoms with van der Waals surface area (Å²) < 4.78 is 18.1. The van der Waals surface area contributed by atoms with Gasteiger partial charge in [0.05, 0.1) is 6.10 Å². The molecule has 1 fully saturated rings. The van der Waals surface area contributed by atoms with E-state index in [1.807, 2.05) is 0 Å². The molecular weight excluding hydrogens is 195 g/mol. The first kappa shape index (κ1) is 10.6. The summed E-state index contributed by atoms with van der Waals surface area (Å²) in [4.78, 5) is 0. The fourth-order valence-electron chi connectivity index (χ4n) is 1.93. The summed E-state index contributed by atoms with van der Waals surface area (Å²) in [5.41, 5.74) is 0.655. The van der Waals surface area contributed by atoms with Crippen molar-refractivity contribution in [1.82, 2.24) is 0 Å². The smallest absolute Gasteiger partial charge is 0.123 e. The van der Waals surface area contributed by atoms with Crippen LogP contribution in [0.5, 0.6) is 0 Å². The molecule has 0 aromatic heterocycles. The monoisotopic (exact) mass is 210 g/mol. The van der Waals surface area contributed by atoms with E-state index in [4.69, 9.17) is 4.74 Å². The number of hydrogen-bond donors (Lipinski definition) is 1. The first-order valence-corrected chi connectivity index (χ1v) is 5.27. The zero-order valence-electron chi connectivity index (χ0n) is 8.53. The molecule has 82 valence electrons. The summed E-state index contributed by atoms with van der Waals surface area (Å²) in [6, 6.07) is 6.15. The predicted octanol–water partition coefficient (Wildman–Crippen LogP) is 2.29. The van der Waals surface area contributed by atoms with Crippen LogP contribution < -0.4 is 0 Å². The normalized spacial score (nSPS) is 22.9. The molecule has 1 aliphatic heterocycles. The van der Waals surface area contributed by atoms with Crippen LogP contribution in [0, 0.1) is 11.7 Å². The zero-order chi connectivity index (χ0) is 10.7. The third-order valence-corrected chi connectivity index (χ3v) is 2.81. The van der Waals surface area contributed by atoms with Gasteiger partial charge < -0.3 is 9.84 Å². The molecule has 2 atom stereocenters. The average molecular weight is 210 g/mol. The maximum Gasteiger partial charge on any atom is 0.123 e. The number of hydrogen-bond acceptors (Lipinski definition) is 2. The minimum absolute atomic E-state index is 0.297. The van der Waals surface area contributed by atoms with Crippen molar-refractivity contribution < 1.29 is 14.2 Å². The molecule has 1 heterocycles. The van der Waals surface area contributed by atoms with Gasteiger partial charge in [0.1, 0.15) is 5.82 Å². The van der Waals surface area contributed by atoms with Gasteiger partial charge in [-0.15, -0.1) is 0 Å². The Balaban J connectivity index is 1.97. The van der Waals surface area contributed by atoms with Crippen LogP contribution in [0.1, 0.15) is 24.5 Å². The Morgan fingerprint density at radius 1 is 1.53 bits per heavy atom. The molecule has 0 aliphatic carbocycles. The van der Waals surface area contributed by atoms with Gasteiger partial charge in [-0.25, -0.2) is 4.39 Å². The lowest BCUT2D eigenvalue weighted by Gasteiger charge is -2.14. The van der Waals surface area contributed by atoms with Crippen molar-refractivity contribution in [3.63, 3.8) is 0 Å². The van der Waals surface area contributed by atoms with Crippen LogP contribution >= 0.6 is 0 Å². The number of halogens is 1. The van der Waals surface area contributed by atoms with Crippen LogP contribution in [0.4, 0.5) is 4.39 Å². The minimum Gasteiger partial charge on any atom is -0.388 e. The Hall–Kier alpha value is -0.930. The Labute approximate surface area is 88.7 Å². The second-order valence-electron chi connectivity index (χ2n) is 4.04. The van der Waals surface area contributed by atoms with Crippen LogP contribution in [0.15, 0.2) is 24.3 Å². The van der Waals surface area contributed by atoms with Crippen molar-refractivity contribution in [2.75, 3.05) is 13.2 Å². The number of rotatable bonds is 3. The second kappa shape index (κ2) is 4.73. The van der Waals surface area contributed by atoms with Gasteiger partial charge in [0.2, 0.25) is 0 Å². The van der Waals surface area contributed by atoms with Gasteiger partial charge >= 0.3 is 0 Å². The van der Waals surface area contributed by atoms with E-state index >= 15 is 0 Å². The van der Waals surface area contributed by atoms with Crippen LogP contribution in [0.3, 0.4) is 0 Å².